The first-order valence-corrected chi connectivity index (χ1v) is 12.3. The van der Waals surface area contributed by atoms with Gasteiger partial charge in [-0.1, -0.05) is 69.2 Å². The van der Waals surface area contributed by atoms with E-state index in [0.29, 0.717) is 17.9 Å². The topological polar surface area (TPSA) is 78.4 Å². The van der Waals surface area contributed by atoms with E-state index in [1.54, 1.807) is 19.1 Å². The number of carbonyl (C=O) groups is 2. The third-order valence-electron chi connectivity index (χ3n) is 5.67. The van der Waals surface area contributed by atoms with Crippen LogP contribution in [0.3, 0.4) is 0 Å². The fraction of sp³-hybridized carbons (Fsp3) is 0.333. The lowest BCUT2D eigenvalue weighted by molar-refractivity contribution is 0.101. The molecule has 1 fully saturated rings. The van der Waals surface area contributed by atoms with Crippen LogP contribution in [0.15, 0.2) is 66.7 Å². The molecular weight excluding hydrogens is 436 g/mol. The van der Waals surface area contributed by atoms with Crippen LogP contribution in [0.25, 0.3) is 11.1 Å². The number of Topliss-reactive ketones (excluding diaryl/α,β-unsaturated/α-hetero) is 1. The van der Waals surface area contributed by atoms with E-state index in [0.717, 1.165) is 40.9 Å². The first-order chi connectivity index (χ1) is 16.9. The molecule has 186 valence electrons. The van der Waals surface area contributed by atoms with Crippen molar-refractivity contribution in [2.24, 2.45) is 0 Å². The summed E-state index contributed by atoms with van der Waals surface area (Å²) in [4.78, 5) is 22.1. The van der Waals surface area contributed by atoms with Gasteiger partial charge in [-0.25, -0.2) is 0 Å². The third-order valence-corrected chi connectivity index (χ3v) is 5.67. The molecule has 3 aromatic rings. The summed E-state index contributed by atoms with van der Waals surface area (Å²) in [5, 5.41) is 15.9. The van der Waals surface area contributed by atoms with Gasteiger partial charge < -0.3 is 15.7 Å². The summed E-state index contributed by atoms with van der Waals surface area (Å²) in [5.74, 6) is 0.138. The van der Waals surface area contributed by atoms with Crippen LogP contribution < -0.4 is 10.6 Å². The molecule has 3 N–H and O–H groups in total. The fourth-order valence-corrected chi connectivity index (χ4v) is 3.89. The summed E-state index contributed by atoms with van der Waals surface area (Å²) in [7, 11) is 1.83. The number of phenolic OH excluding ortho intramolecular Hbond substituents is 1. The lowest BCUT2D eigenvalue weighted by Crippen LogP contribution is -2.26. The zero-order chi connectivity index (χ0) is 25.6. The van der Waals surface area contributed by atoms with E-state index in [1.165, 1.54) is 19.3 Å². The summed E-state index contributed by atoms with van der Waals surface area (Å²) in [6, 6.07) is 21.6. The molecule has 5 nitrogen and oxygen atoms in total. The van der Waals surface area contributed by atoms with E-state index in [-0.39, 0.29) is 11.5 Å². The van der Waals surface area contributed by atoms with Crippen molar-refractivity contribution in [3.05, 3.63) is 83.4 Å². The number of benzene rings is 3. The Morgan fingerprint density at radius 2 is 1.74 bits per heavy atom. The van der Waals surface area contributed by atoms with Gasteiger partial charge >= 0.3 is 0 Å². The Morgan fingerprint density at radius 1 is 1.03 bits per heavy atom. The van der Waals surface area contributed by atoms with Crippen LogP contribution in [0.5, 0.6) is 5.75 Å². The normalized spacial score (nSPS) is 14.5. The summed E-state index contributed by atoms with van der Waals surface area (Å²) < 4.78 is 0. The van der Waals surface area contributed by atoms with Gasteiger partial charge in [-0.05, 0) is 67.3 Å². The highest BCUT2D eigenvalue weighted by Crippen LogP contribution is 2.27. The lowest BCUT2D eigenvalue weighted by Gasteiger charge is -2.24. The van der Waals surface area contributed by atoms with Gasteiger partial charge in [0.15, 0.2) is 12.1 Å². The van der Waals surface area contributed by atoms with Gasteiger partial charge in [-0.15, -0.1) is 0 Å². The van der Waals surface area contributed by atoms with Gasteiger partial charge in [0, 0.05) is 24.3 Å². The third kappa shape index (κ3) is 8.37. The number of nitrogens with one attached hydrogen (secondary N) is 2. The number of aldehydes is 1. The van der Waals surface area contributed by atoms with Crippen molar-refractivity contribution in [2.45, 2.75) is 52.5 Å². The molecule has 4 rings (SSSR count). The molecule has 1 aliphatic rings. The quantitative estimate of drug-likeness (QED) is 0.273. The number of hydrogen-bond donors (Lipinski definition) is 3. The second-order valence-corrected chi connectivity index (χ2v) is 8.58. The smallest absolute Gasteiger partial charge is 0.161 e. The lowest BCUT2D eigenvalue weighted by atomic mass is 9.96. The highest BCUT2D eigenvalue weighted by Gasteiger charge is 2.15. The summed E-state index contributed by atoms with van der Waals surface area (Å²) >= 11 is 0. The largest absolute Gasteiger partial charge is 0.507 e. The number of piperidine rings is 1. The van der Waals surface area contributed by atoms with Gasteiger partial charge in [0.25, 0.3) is 0 Å². The molecule has 0 bridgehead atoms. The van der Waals surface area contributed by atoms with Crippen LogP contribution >= 0.6 is 0 Å². The van der Waals surface area contributed by atoms with Crippen molar-refractivity contribution in [1.82, 2.24) is 5.32 Å². The average Bonchev–Trinajstić information content (AvgIpc) is 2.90. The number of hydrogen-bond acceptors (Lipinski definition) is 5. The molecule has 1 atom stereocenters. The van der Waals surface area contributed by atoms with Crippen molar-refractivity contribution >= 4 is 17.8 Å². The first-order valence-electron chi connectivity index (χ1n) is 12.3. The van der Waals surface area contributed by atoms with Crippen LogP contribution in [-0.4, -0.2) is 30.8 Å². The maximum Gasteiger partial charge on any atom is 0.161 e. The second-order valence-electron chi connectivity index (χ2n) is 8.58. The van der Waals surface area contributed by atoms with Crippen molar-refractivity contribution < 1.29 is 14.7 Å². The van der Waals surface area contributed by atoms with Crippen LogP contribution in [0, 0.1) is 0 Å². The van der Waals surface area contributed by atoms with Crippen LogP contribution in [0.4, 0.5) is 5.69 Å². The number of aromatic hydroxyl groups is 1. The van der Waals surface area contributed by atoms with Crippen molar-refractivity contribution in [3.63, 3.8) is 0 Å². The van der Waals surface area contributed by atoms with Crippen molar-refractivity contribution in [3.8, 4) is 16.9 Å². The highest BCUT2D eigenvalue weighted by molar-refractivity contribution is 6.00. The zero-order valence-electron chi connectivity index (χ0n) is 21.3. The molecule has 0 radical (unpaired) electrons. The summed E-state index contributed by atoms with van der Waals surface area (Å²) in [6.07, 6.45) is 5.48. The Bertz CT molecular complexity index is 1070. The SMILES string of the molecule is CCC.CNc1cc(-c2ccccc2)ccc1C(C)=O.O=Cc1cc(C2CCCCN2)ccc1O. The molecule has 0 spiro atoms. The molecular formula is C30H38N2O3. The highest BCUT2D eigenvalue weighted by atomic mass is 16.3. The zero-order valence-corrected chi connectivity index (χ0v) is 21.3. The van der Waals surface area contributed by atoms with Crippen LogP contribution in [-0.2, 0) is 0 Å². The Balaban J connectivity index is 0.000000223. The van der Waals surface area contributed by atoms with E-state index in [1.807, 2.05) is 49.5 Å². The standard InChI is InChI=1S/C15H15NO.C12H15NO2.C3H8/c1-11(17)14-9-8-13(10-15(14)16-2)12-6-4-3-5-7-12;14-8-10-7-9(4-5-12(10)15)11-3-1-2-6-13-11;1-3-2/h3-10,16H,1-2H3;4-5,7-8,11,13,15H,1-3,6H2;3H2,1-2H3. The average molecular weight is 475 g/mol. The van der Waals surface area contributed by atoms with Gasteiger partial charge in [-0.3, -0.25) is 9.59 Å². The van der Waals surface area contributed by atoms with E-state index in [4.69, 9.17) is 0 Å². The van der Waals surface area contributed by atoms with Gasteiger partial charge in [0.05, 0.1) is 5.56 Å². The number of anilines is 1. The van der Waals surface area contributed by atoms with E-state index in [2.05, 4.69) is 36.6 Å². The van der Waals surface area contributed by atoms with Crippen molar-refractivity contribution in [2.75, 3.05) is 18.9 Å². The molecule has 35 heavy (non-hydrogen) atoms. The maximum absolute atomic E-state index is 11.4. The van der Waals surface area contributed by atoms with Crippen LogP contribution in [0.2, 0.25) is 0 Å². The number of carbonyl (C=O) groups excluding carboxylic acids is 2. The summed E-state index contributed by atoms with van der Waals surface area (Å²) in [5.41, 5.74) is 5.33. The van der Waals surface area contributed by atoms with Gasteiger partial charge in [0.2, 0.25) is 0 Å². The van der Waals surface area contributed by atoms with Crippen LogP contribution in [0.1, 0.15) is 78.8 Å². The summed E-state index contributed by atoms with van der Waals surface area (Å²) in [6.45, 7) is 6.86. The van der Waals surface area contributed by atoms with Crippen molar-refractivity contribution in [1.29, 1.82) is 0 Å². The minimum Gasteiger partial charge on any atom is -0.507 e. The second kappa shape index (κ2) is 14.7. The Labute approximate surface area is 209 Å². The predicted molar refractivity (Wildman–Crippen MR) is 145 cm³/mol. The Morgan fingerprint density at radius 3 is 2.31 bits per heavy atom. The molecule has 0 saturated carbocycles. The molecule has 0 amide bonds. The minimum absolute atomic E-state index is 0.0598. The molecule has 5 heteroatoms. The molecule has 1 unspecified atom stereocenters. The molecule has 0 aromatic heterocycles. The minimum atomic E-state index is 0.0598. The van der Waals surface area contributed by atoms with E-state index < -0.39 is 0 Å². The van der Waals surface area contributed by atoms with Gasteiger partial charge in [-0.2, -0.15) is 0 Å². The number of ketones is 1. The predicted octanol–water partition coefficient (Wildman–Crippen LogP) is 7.03. The molecule has 1 heterocycles. The first kappa shape index (κ1) is 27.8. The molecule has 1 saturated heterocycles. The fourth-order valence-electron chi connectivity index (χ4n) is 3.89. The monoisotopic (exact) mass is 474 g/mol. The Kier molecular flexibility index (Phi) is 11.7. The Hall–Kier alpha value is -3.44. The number of rotatable bonds is 5. The van der Waals surface area contributed by atoms with Gasteiger partial charge in [0.1, 0.15) is 5.75 Å². The van der Waals surface area contributed by atoms with E-state index in [9.17, 15) is 14.7 Å². The molecule has 0 aliphatic carbocycles. The molecule has 1 aliphatic heterocycles. The van der Waals surface area contributed by atoms with E-state index >= 15 is 0 Å². The molecule has 3 aromatic carbocycles. The number of phenols is 1. The maximum atomic E-state index is 11.4.